The molecule has 24 heavy (non-hydrogen) atoms. The molecule has 1 heterocycles. The molecule has 2 N–H and O–H groups in total. The molecule has 0 saturated carbocycles. The maximum absolute atomic E-state index is 11.8. The average molecular weight is 368 g/mol. The molecule has 0 bridgehead atoms. The maximum Gasteiger partial charge on any atom is 0.248 e. The zero-order valence-corrected chi connectivity index (χ0v) is 14.8. The predicted molar refractivity (Wildman–Crippen MR) is 92.2 cm³/mol. The second-order valence-electron chi connectivity index (χ2n) is 6.21. The first-order valence-electron chi connectivity index (χ1n) is 7.97. The van der Waals surface area contributed by atoms with Gasteiger partial charge in [-0.25, -0.2) is 8.42 Å². The molecule has 1 fully saturated rings. The molecule has 1 aliphatic carbocycles. The van der Waals surface area contributed by atoms with Crippen LogP contribution in [-0.2, 0) is 32.3 Å². The summed E-state index contributed by atoms with van der Waals surface area (Å²) in [4.78, 5) is 24.7. The summed E-state index contributed by atoms with van der Waals surface area (Å²) in [5.41, 5.74) is 7.43. The van der Waals surface area contributed by atoms with Gasteiger partial charge in [0.15, 0.2) is 9.84 Å². The number of carbonyl (C=O) groups is 2. The van der Waals surface area contributed by atoms with Crippen LogP contribution in [0.2, 0.25) is 0 Å². The summed E-state index contributed by atoms with van der Waals surface area (Å²) in [6, 6.07) is 6.26. The second kappa shape index (κ2) is 7.14. The zero-order valence-electron chi connectivity index (χ0n) is 13.2. The van der Waals surface area contributed by atoms with Gasteiger partial charge in [-0.3, -0.25) is 20.4 Å². The molecular formula is C16H20N2O4S2. The predicted octanol–water partition coefficient (Wildman–Crippen LogP) is 0.850. The van der Waals surface area contributed by atoms with E-state index in [1.54, 1.807) is 0 Å². The third-order valence-corrected chi connectivity index (χ3v) is 7.13. The highest BCUT2D eigenvalue weighted by Gasteiger charge is 2.33. The molecule has 0 spiro atoms. The van der Waals surface area contributed by atoms with Gasteiger partial charge in [-0.1, -0.05) is 6.07 Å². The van der Waals surface area contributed by atoms with E-state index in [2.05, 4.69) is 23.0 Å². The molecule has 2 aliphatic rings. The number of rotatable bonds is 4. The number of carbonyl (C=O) groups excluding carboxylic acids is 2. The Hall–Kier alpha value is -1.54. The molecule has 6 nitrogen and oxygen atoms in total. The molecule has 3 rings (SSSR count). The first kappa shape index (κ1) is 17.3. The lowest BCUT2D eigenvalue weighted by Gasteiger charge is -2.10. The minimum atomic E-state index is -3.11. The Morgan fingerprint density at radius 1 is 1.17 bits per heavy atom. The minimum Gasteiger partial charge on any atom is -0.273 e. The lowest BCUT2D eigenvalue weighted by atomic mass is 10.1. The lowest BCUT2D eigenvalue weighted by Crippen LogP contribution is -2.45. The molecule has 1 aromatic carbocycles. The van der Waals surface area contributed by atoms with E-state index in [1.807, 2.05) is 6.07 Å². The lowest BCUT2D eigenvalue weighted by molar-refractivity contribution is -0.129. The number of hydrogen-bond donors (Lipinski definition) is 2. The summed E-state index contributed by atoms with van der Waals surface area (Å²) in [6.45, 7) is 0. The molecule has 1 aromatic rings. The Bertz CT molecular complexity index is 761. The summed E-state index contributed by atoms with van der Waals surface area (Å²) < 4.78 is 22.7. The van der Waals surface area contributed by atoms with Crippen molar-refractivity contribution in [3.8, 4) is 0 Å². The fourth-order valence-electron chi connectivity index (χ4n) is 3.06. The molecule has 0 radical (unpaired) electrons. The SMILES string of the molecule is O=C(CSc1ccc2c(c1)CCC2)NNC(=O)[C@H]1CCS(=O)(=O)C1. The molecule has 0 aromatic heterocycles. The Balaban J connectivity index is 1.42. The number of thioether (sulfide) groups is 1. The van der Waals surface area contributed by atoms with Crippen LogP contribution in [0.5, 0.6) is 0 Å². The first-order valence-corrected chi connectivity index (χ1v) is 10.8. The molecule has 130 valence electrons. The van der Waals surface area contributed by atoms with E-state index in [0.29, 0.717) is 6.42 Å². The molecule has 2 amide bonds. The van der Waals surface area contributed by atoms with Crippen molar-refractivity contribution in [1.82, 2.24) is 10.9 Å². The molecule has 8 heteroatoms. The standard InChI is InChI=1S/C16H20N2O4S2/c19-15(17-18-16(20)13-6-7-24(21,22)10-13)9-23-14-5-4-11-2-1-3-12(11)8-14/h4-5,8,13H,1-3,6-7,9-10H2,(H,17,19)(H,18,20)/t13-/m0/s1. The van der Waals surface area contributed by atoms with Gasteiger partial charge in [0.25, 0.3) is 0 Å². The van der Waals surface area contributed by atoms with Crippen LogP contribution in [0.3, 0.4) is 0 Å². The summed E-state index contributed by atoms with van der Waals surface area (Å²) in [7, 11) is -3.11. The fraction of sp³-hybridized carbons (Fsp3) is 0.500. The molecular weight excluding hydrogens is 348 g/mol. The number of amides is 2. The van der Waals surface area contributed by atoms with Crippen molar-refractivity contribution in [3.63, 3.8) is 0 Å². The zero-order chi connectivity index (χ0) is 17.2. The number of aryl methyl sites for hydroxylation is 2. The van der Waals surface area contributed by atoms with Gasteiger partial charge >= 0.3 is 0 Å². The van der Waals surface area contributed by atoms with Crippen molar-refractivity contribution in [2.45, 2.75) is 30.6 Å². The second-order valence-corrected chi connectivity index (χ2v) is 9.49. The van der Waals surface area contributed by atoms with E-state index in [4.69, 9.17) is 0 Å². The van der Waals surface area contributed by atoms with E-state index in [9.17, 15) is 18.0 Å². The van der Waals surface area contributed by atoms with Crippen LogP contribution in [0.4, 0.5) is 0 Å². The van der Waals surface area contributed by atoms with Crippen molar-refractivity contribution in [2.75, 3.05) is 17.3 Å². The quantitative estimate of drug-likeness (QED) is 0.607. The van der Waals surface area contributed by atoms with E-state index >= 15 is 0 Å². The molecule has 0 unspecified atom stereocenters. The number of nitrogens with one attached hydrogen (secondary N) is 2. The van der Waals surface area contributed by atoms with Gasteiger partial charge in [-0.15, -0.1) is 11.8 Å². The normalized spacial score (nSPS) is 21.2. The van der Waals surface area contributed by atoms with Gasteiger partial charge in [0.2, 0.25) is 11.8 Å². The van der Waals surface area contributed by atoms with Crippen molar-refractivity contribution in [2.24, 2.45) is 5.92 Å². The summed E-state index contributed by atoms with van der Waals surface area (Å²) >= 11 is 1.42. The van der Waals surface area contributed by atoms with Crippen molar-refractivity contribution in [1.29, 1.82) is 0 Å². The summed E-state index contributed by atoms with van der Waals surface area (Å²) in [5, 5.41) is 0. The van der Waals surface area contributed by atoms with Crippen LogP contribution in [0.25, 0.3) is 0 Å². The average Bonchev–Trinajstić information content (AvgIpc) is 3.15. The highest BCUT2D eigenvalue weighted by molar-refractivity contribution is 8.00. The van der Waals surface area contributed by atoms with Crippen LogP contribution in [0.15, 0.2) is 23.1 Å². The van der Waals surface area contributed by atoms with Gasteiger partial charge in [-0.05, 0) is 48.9 Å². The van der Waals surface area contributed by atoms with Gasteiger partial charge < -0.3 is 0 Å². The van der Waals surface area contributed by atoms with E-state index < -0.39 is 21.7 Å². The van der Waals surface area contributed by atoms with Crippen LogP contribution >= 0.6 is 11.8 Å². The highest BCUT2D eigenvalue weighted by Crippen LogP contribution is 2.27. The Kier molecular flexibility index (Phi) is 5.15. The number of hydrazine groups is 1. The van der Waals surface area contributed by atoms with E-state index in [1.165, 1.54) is 29.3 Å². The topological polar surface area (TPSA) is 92.3 Å². The maximum atomic E-state index is 11.8. The largest absolute Gasteiger partial charge is 0.273 e. The van der Waals surface area contributed by atoms with E-state index in [-0.39, 0.29) is 23.2 Å². The molecule has 1 aliphatic heterocycles. The van der Waals surface area contributed by atoms with Crippen LogP contribution in [0, 0.1) is 5.92 Å². The molecule has 1 atom stereocenters. The smallest absolute Gasteiger partial charge is 0.248 e. The Labute approximate surface area is 145 Å². The van der Waals surface area contributed by atoms with Gasteiger partial charge in [0.05, 0.1) is 23.2 Å². The van der Waals surface area contributed by atoms with Crippen LogP contribution in [-0.4, -0.2) is 37.5 Å². The number of benzene rings is 1. The number of sulfone groups is 1. The van der Waals surface area contributed by atoms with Gasteiger partial charge in [0.1, 0.15) is 0 Å². The first-order chi connectivity index (χ1) is 11.4. The van der Waals surface area contributed by atoms with Crippen molar-refractivity contribution >= 4 is 33.4 Å². The van der Waals surface area contributed by atoms with Gasteiger partial charge in [-0.2, -0.15) is 0 Å². The fourth-order valence-corrected chi connectivity index (χ4v) is 5.56. The number of fused-ring (bicyclic) bond motifs is 1. The van der Waals surface area contributed by atoms with Crippen LogP contribution < -0.4 is 10.9 Å². The molecule has 1 saturated heterocycles. The van der Waals surface area contributed by atoms with Crippen molar-refractivity contribution < 1.29 is 18.0 Å². The number of hydrogen-bond acceptors (Lipinski definition) is 5. The van der Waals surface area contributed by atoms with Gasteiger partial charge in [0, 0.05) is 4.90 Å². The third kappa shape index (κ3) is 4.30. The third-order valence-electron chi connectivity index (χ3n) is 4.37. The highest BCUT2D eigenvalue weighted by atomic mass is 32.2. The van der Waals surface area contributed by atoms with Crippen LogP contribution in [0.1, 0.15) is 24.0 Å². The van der Waals surface area contributed by atoms with E-state index in [0.717, 1.165) is 17.7 Å². The summed E-state index contributed by atoms with van der Waals surface area (Å²) in [6.07, 6.45) is 3.72. The Morgan fingerprint density at radius 2 is 1.96 bits per heavy atom. The monoisotopic (exact) mass is 368 g/mol. The Morgan fingerprint density at radius 3 is 2.71 bits per heavy atom. The minimum absolute atomic E-state index is 0.0349. The van der Waals surface area contributed by atoms with Crippen molar-refractivity contribution in [3.05, 3.63) is 29.3 Å². The summed E-state index contributed by atoms with van der Waals surface area (Å²) in [5.74, 6) is -1.23.